The summed E-state index contributed by atoms with van der Waals surface area (Å²) in [5.41, 5.74) is -1.57. The van der Waals surface area contributed by atoms with Crippen LogP contribution in [0.25, 0.3) is 11.2 Å². The van der Waals surface area contributed by atoms with E-state index in [4.69, 9.17) is 18.9 Å². The molecule has 2 N–H and O–H groups in total. The molecule has 0 unspecified atom stereocenters. The van der Waals surface area contributed by atoms with Crippen molar-refractivity contribution >= 4 is 29.1 Å². The van der Waals surface area contributed by atoms with Crippen LogP contribution in [-0.4, -0.2) is 62.3 Å². The molecule has 3 heterocycles. The largest absolute Gasteiger partial charge is 0.463 e. The van der Waals surface area contributed by atoms with E-state index in [2.05, 4.69) is 9.97 Å². The van der Waals surface area contributed by atoms with Gasteiger partial charge in [0, 0.05) is 20.8 Å². The van der Waals surface area contributed by atoms with Gasteiger partial charge in [-0.3, -0.25) is 33.7 Å². The molecule has 1 aliphatic rings. The highest BCUT2D eigenvalue weighted by Crippen LogP contribution is 2.35. The number of rotatable bonds is 5. The number of imidazole rings is 1. The van der Waals surface area contributed by atoms with Crippen LogP contribution < -0.4 is 11.2 Å². The third-order valence-electron chi connectivity index (χ3n) is 4.08. The molecule has 29 heavy (non-hydrogen) atoms. The SMILES string of the molecule is CC(=O)OC[C@H]1O[C@@H](n2cnc3c(=O)[nH]c(=O)[nH]c32)[C@@H](OC(C)=O)[C@H]1OC(C)=O. The number of fused-ring (bicyclic) bond motifs is 1. The van der Waals surface area contributed by atoms with Gasteiger partial charge >= 0.3 is 23.6 Å². The lowest BCUT2D eigenvalue weighted by molar-refractivity contribution is -0.166. The first-order valence-corrected chi connectivity index (χ1v) is 8.49. The van der Waals surface area contributed by atoms with Crippen LogP contribution >= 0.6 is 0 Å². The number of carbonyl (C=O) groups is 3. The number of aromatic nitrogens is 4. The van der Waals surface area contributed by atoms with E-state index in [1.54, 1.807) is 0 Å². The number of nitrogens with zero attached hydrogens (tertiary/aromatic N) is 2. The van der Waals surface area contributed by atoms with Crippen molar-refractivity contribution in [1.29, 1.82) is 0 Å². The van der Waals surface area contributed by atoms with Gasteiger partial charge in [-0.15, -0.1) is 0 Å². The van der Waals surface area contributed by atoms with E-state index in [1.807, 2.05) is 4.98 Å². The molecule has 0 radical (unpaired) electrons. The standard InChI is InChI=1S/C16H18N4O9/c1-6(21)26-4-9-11(27-7(2)22)12(28-8(3)23)15(29-9)20-5-17-10-13(20)18-16(25)19-14(10)24/h5,9,11-12,15H,4H2,1-3H3,(H2,18,19,24,25)/t9-,11+,12+,15-/m1/s1. The number of ether oxygens (including phenoxy) is 4. The topological polar surface area (TPSA) is 172 Å². The Kier molecular flexibility index (Phi) is 5.50. The lowest BCUT2D eigenvalue weighted by Gasteiger charge is -2.23. The highest BCUT2D eigenvalue weighted by Gasteiger charge is 2.51. The normalized spacial score (nSPS) is 23.7. The fourth-order valence-corrected chi connectivity index (χ4v) is 3.06. The second-order valence-electron chi connectivity index (χ2n) is 6.27. The summed E-state index contributed by atoms with van der Waals surface area (Å²) < 4.78 is 22.6. The maximum absolute atomic E-state index is 11.9. The smallest absolute Gasteiger partial charge is 0.327 e. The molecule has 0 saturated carbocycles. The molecule has 1 saturated heterocycles. The van der Waals surface area contributed by atoms with E-state index >= 15 is 0 Å². The van der Waals surface area contributed by atoms with E-state index in [1.165, 1.54) is 17.8 Å². The fourth-order valence-electron chi connectivity index (χ4n) is 3.06. The minimum atomic E-state index is -1.17. The van der Waals surface area contributed by atoms with Gasteiger partial charge in [0.25, 0.3) is 5.56 Å². The van der Waals surface area contributed by atoms with Gasteiger partial charge in [-0.05, 0) is 0 Å². The Labute approximate surface area is 161 Å². The van der Waals surface area contributed by atoms with Crippen LogP contribution in [0.2, 0.25) is 0 Å². The summed E-state index contributed by atoms with van der Waals surface area (Å²) in [6, 6.07) is 0. The zero-order chi connectivity index (χ0) is 21.3. The first kappa shape index (κ1) is 20.3. The fraction of sp³-hybridized carbons (Fsp3) is 0.500. The molecule has 2 aromatic heterocycles. The van der Waals surface area contributed by atoms with Crippen molar-refractivity contribution in [1.82, 2.24) is 19.5 Å². The quantitative estimate of drug-likeness (QED) is 0.447. The van der Waals surface area contributed by atoms with Gasteiger partial charge in [0.15, 0.2) is 24.0 Å². The predicted octanol–water partition coefficient (Wildman–Crippen LogP) is -1.26. The summed E-state index contributed by atoms with van der Waals surface area (Å²) >= 11 is 0. The number of esters is 3. The first-order chi connectivity index (χ1) is 13.7. The predicted molar refractivity (Wildman–Crippen MR) is 92.6 cm³/mol. The van der Waals surface area contributed by atoms with Gasteiger partial charge in [0.1, 0.15) is 18.4 Å². The molecule has 4 atom stereocenters. The van der Waals surface area contributed by atoms with Crippen LogP contribution in [0, 0.1) is 0 Å². The van der Waals surface area contributed by atoms with Crippen molar-refractivity contribution < 1.29 is 33.3 Å². The van der Waals surface area contributed by atoms with Crippen LogP contribution in [0.15, 0.2) is 15.9 Å². The van der Waals surface area contributed by atoms with Gasteiger partial charge in [0.05, 0.1) is 6.33 Å². The van der Waals surface area contributed by atoms with Gasteiger partial charge in [-0.1, -0.05) is 0 Å². The van der Waals surface area contributed by atoms with Crippen LogP contribution in [0.4, 0.5) is 0 Å². The summed E-state index contributed by atoms with van der Waals surface area (Å²) in [4.78, 5) is 66.4. The number of hydrogen-bond donors (Lipinski definition) is 2. The minimum Gasteiger partial charge on any atom is -0.463 e. The molecule has 3 rings (SSSR count). The number of H-pyrrole nitrogens is 2. The molecule has 156 valence electrons. The van der Waals surface area contributed by atoms with Gasteiger partial charge in [-0.25, -0.2) is 9.78 Å². The Balaban J connectivity index is 2.06. The second kappa shape index (κ2) is 7.87. The zero-order valence-corrected chi connectivity index (χ0v) is 15.7. The Morgan fingerprint density at radius 1 is 1.07 bits per heavy atom. The van der Waals surface area contributed by atoms with Crippen molar-refractivity contribution in [3.8, 4) is 0 Å². The molecular formula is C16H18N4O9. The van der Waals surface area contributed by atoms with Crippen molar-refractivity contribution in [2.75, 3.05) is 6.61 Å². The Bertz CT molecular complexity index is 1070. The summed E-state index contributed by atoms with van der Waals surface area (Å²) in [7, 11) is 0. The molecule has 1 fully saturated rings. The van der Waals surface area contributed by atoms with Crippen molar-refractivity contribution in [3.05, 3.63) is 27.2 Å². The molecule has 0 amide bonds. The second-order valence-corrected chi connectivity index (χ2v) is 6.27. The van der Waals surface area contributed by atoms with E-state index < -0.39 is 53.7 Å². The van der Waals surface area contributed by atoms with Gasteiger partial charge in [0.2, 0.25) is 0 Å². The van der Waals surface area contributed by atoms with Crippen LogP contribution in [0.5, 0.6) is 0 Å². The summed E-state index contributed by atoms with van der Waals surface area (Å²) in [5.74, 6) is -1.96. The molecule has 0 aromatic carbocycles. The van der Waals surface area contributed by atoms with Crippen molar-refractivity contribution in [3.63, 3.8) is 0 Å². The number of hydrogen-bond acceptors (Lipinski definition) is 10. The number of aromatic amines is 2. The summed E-state index contributed by atoms with van der Waals surface area (Å²) in [6.07, 6.45) is -3.20. The van der Waals surface area contributed by atoms with Crippen molar-refractivity contribution in [2.45, 2.75) is 45.3 Å². The molecular weight excluding hydrogens is 392 g/mol. The average molecular weight is 410 g/mol. The molecule has 13 nitrogen and oxygen atoms in total. The molecule has 2 aromatic rings. The van der Waals surface area contributed by atoms with Crippen LogP contribution in [-0.2, 0) is 33.3 Å². The highest BCUT2D eigenvalue weighted by atomic mass is 16.7. The molecule has 0 bridgehead atoms. The van der Waals surface area contributed by atoms with E-state index in [0.29, 0.717) is 0 Å². The minimum absolute atomic E-state index is 0.00983. The molecule has 1 aliphatic heterocycles. The third-order valence-corrected chi connectivity index (χ3v) is 4.08. The molecule has 13 heteroatoms. The highest BCUT2D eigenvalue weighted by molar-refractivity contribution is 5.70. The van der Waals surface area contributed by atoms with E-state index in [9.17, 15) is 24.0 Å². The monoisotopic (exact) mass is 410 g/mol. The lowest BCUT2D eigenvalue weighted by Crippen LogP contribution is -2.40. The van der Waals surface area contributed by atoms with Crippen LogP contribution in [0.1, 0.15) is 27.0 Å². The maximum atomic E-state index is 11.9. The Morgan fingerprint density at radius 3 is 2.34 bits per heavy atom. The van der Waals surface area contributed by atoms with Gasteiger partial charge < -0.3 is 18.9 Å². The first-order valence-electron chi connectivity index (χ1n) is 8.49. The summed E-state index contributed by atoms with van der Waals surface area (Å²) in [6.45, 7) is 3.22. The average Bonchev–Trinajstić information content (AvgIpc) is 3.15. The number of carbonyl (C=O) groups excluding carboxylic acids is 3. The third kappa shape index (κ3) is 4.18. The number of nitrogens with one attached hydrogen (secondary N) is 2. The molecule has 0 spiro atoms. The van der Waals surface area contributed by atoms with Gasteiger partial charge in [-0.2, -0.15) is 0 Å². The van der Waals surface area contributed by atoms with E-state index in [-0.39, 0.29) is 17.8 Å². The Morgan fingerprint density at radius 2 is 1.72 bits per heavy atom. The Hall–Kier alpha value is -3.48. The lowest BCUT2D eigenvalue weighted by atomic mass is 10.1. The summed E-state index contributed by atoms with van der Waals surface area (Å²) in [5, 5.41) is 0. The zero-order valence-electron chi connectivity index (χ0n) is 15.7. The maximum Gasteiger partial charge on any atom is 0.327 e. The molecule has 0 aliphatic carbocycles. The van der Waals surface area contributed by atoms with Crippen LogP contribution in [0.3, 0.4) is 0 Å². The van der Waals surface area contributed by atoms with Crippen molar-refractivity contribution in [2.24, 2.45) is 0 Å². The van der Waals surface area contributed by atoms with E-state index in [0.717, 1.165) is 13.8 Å².